The van der Waals surface area contributed by atoms with Crippen molar-refractivity contribution in [1.82, 2.24) is 9.21 Å². The summed E-state index contributed by atoms with van der Waals surface area (Å²) in [6.45, 7) is 1.91. The van der Waals surface area contributed by atoms with Crippen molar-refractivity contribution in [3.63, 3.8) is 0 Å². The molecule has 0 aliphatic carbocycles. The summed E-state index contributed by atoms with van der Waals surface area (Å²) < 4.78 is 32.5. The van der Waals surface area contributed by atoms with Crippen molar-refractivity contribution in [3.8, 4) is 5.75 Å². The van der Waals surface area contributed by atoms with E-state index in [1.54, 1.807) is 23.5 Å². The number of hydrogen-bond donors (Lipinski definition) is 0. The number of thiophene rings is 1. The predicted octanol–water partition coefficient (Wildman–Crippen LogP) is 3.45. The van der Waals surface area contributed by atoms with E-state index in [-0.39, 0.29) is 18.4 Å². The molecule has 2 saturated heterocycles. The number of rotatable bonds is 6. The summed E-state index contributed by atoms with van der Waals surface area (Å²) in [6, 6.07) is 11.4. The standard InChI is InChI=1S/C21H26N2O4S2/c1-27-17-8-6-16(7-9-17)19-5-4-14-23(19)20(24)15-18-10-11-21(28-18)29(25,26)22-12-2-3-13-22/h6-11,19H,2-5,12-15H2,1H3/t19-/m1/s1. The fourth-order valence-corrected chi connectivity index (χ4v) is 7.15. The van der Waals surface area contributed by atoms with Crippen molar-refractivity contribution < 1.29 is 17.9 Å². The van der Waals surface area contributed by atoms with Crippen LogP contribution < -0.4 is 4.74 Å². The van der Waals surface area contributed by atoms with Crippen LogP contribution in [0.4, 0.5) is 0 Å². The van der Waals surface area contributed by atoms with E-state index in [0.29, 0.717) is 17.3 Å². The molecule has 3 heterocycles. The van der Waals surface area contributed by atoms with Crippen molar-refractivity contribution in [1.29, 1.82) is 0 Å². The topological polar surface area (TPSA) is 66.9 Å². The van der Waals surface area contributed by atoms with Crippen LogP contribution in [-0.2, 0) is 21.2 Å². The molecule has 0 radical (unpaired) electrons. The Morgan fingerprint density at radius 2 is 1.79 bits per heavy atom. The highest BCUT2D eigenvalue weighted by Crippen LogP contribution is 2.34. The Kier molecular flexibility index (Phi) is 5.94. The van der Waals surface area contributed by atoms with Gasteiger partial charge in [-0.05, 0) is 55.5 Å². The molecule has 2 fully saturated rings. The molecule has 8 heteroatoms. The number of benzene rings is 1. The van der Waals surface area contributed by atoms with E-state index in [9.17, 15) is 13.2 Å². The van der Waals surface area contributed by atoms with E-state index >= 15 is 0 Å². The third-order valence-corrected chi connectivity index (χ3v) is 9.15. The molecule has 2 aromatic rings. The first kappa shape index (κ1) is 20.4. The fourth-order valence-electron chi connectivity index (χ4n) is 4.14. The van der Waals surface area contributed by atoms with E-state index in [0.717, 1.165) is 48.4 Å². The van der Waals surface area contributed by atoms with Crippen molar-refractivity contribution in [2.75, 3.05) is 26.7 Å². The van der Waals surface area contributed by atoms with Crippen LogP contribution in [0.5, 0.6) is 5.75 Å². The minimum Gasteiger partial charge on any atom is -0.497 e. The van der Waals surface area contributed by atoms with Crippen LogP contribution in [0.1, 0.15) is 42.2 Å². The molecule has 1 atom stereocenters. The molecule has 0 saturated carbocycles. The number of nitrogens with zero attached hydrogens (tertiary/aromatic N) is 2. The van der Waals surface area contributed by atoms with Crippen LogP contribution in [0, 0.1) is 0 Å². The molecule has 0 unspecified atom stereocenters. The van der Waals surface area contributed by atoms with Gasteiger partial charge in [-0.3, -0.25) is 4.79 Å². The third-order valence-electron chi connectivity index (χ3n) is 5.70. The zero-order chi connectivity index (χ0) is 20.4. The number of likely N-dealkylation sites (tertiary alicyclic amines) is 1. The quantitative estimate of drug-likeness (QED) is 0.698. The average Bonchev–Trinajstić information content (AvgIpc) is 3.49. The number of carbonyl (C=O) groups is 1. The van der Waals surface area contributed by atoms with E-state index in [4.69, 9.17) is 4.74 Å². The summed E-state index contributed by atoms with van der Waals surface area (Å²) in [5.74, 6) is 0.852. The van der Waals surface area contributed by atoms with E-state index in [1.165, 1.54) is 11.3 Å². The lowest BCUT2D eigenvalue weighted by molar-refractivity contribution is -0.131. The predicted molar refractivity (Wildman–Crippen MR) is 113 cm³/mol. The summed E-state index contributed by atoms with van der Waals surface area (Å²) in [6.07, 6.45) is 3.99. The number of hydrogen-bond acceptors (Lipinski definition) is 5. The summed E-state index contributed by atoms with van der Waals surface area (Å²) in [5.41, 5.74) is 1.11. The zero-order valence-electron chi connectivity index (χ0n) is 16.5. The maximum absolute atomic E-state index is 13.0. The van der Waals surface area contributed by atoms with Gasteiger partial charge in [-0.1, -0.05) is 12.1 Å². The SMILES string of the molecule is COc1ccc([C@H]2CCCN2C(=O)Cc2ccc(S(=O)(=O)N3CCCC3)s2)cc1. The monoisotopic (exact) mass is 434 g/mol. The Hall–Kier alpha value is -1.90. The van der Waals surface area contributed by atoms with Crippen LogP contribution in [-0.4, -0.2) is 50.3 Å². The number of methoxy groups -OCH3 is 1. The van der Waals surface area contributed by atoms with Gasteiger partial charge in [0.05, 0.1) is 19.6 Å². The fraction of sp³-hybridized carbons (Fsp3) is 0.476. The number of amides is 1. The van der Waals surface area contributed by atoms with Gasteiger partial charge in [0.2, 0.25) is 5.91 Å². The second kappa shape index (κ2) is 8.45. The first-order chi connectivity index (χ1) is 14.0. The summed E-state index contributed by atoms with van der Waals surface area (Å²) in [4.78, 5) is 15.7. The molecule has 1 aromatic carbocycles. The number of ether oxygens (including phenoxy) is 1. The van der Waals surface area contributed by atoms with Crippen LogP contribution in [0.3, 0.4) is 0 Å². The second-order valence-corrected chi connectivity index (χ2v) is 10.9. The lowest BCUT2D eigenvalue weighted by Crippen LogP contribution is -2.31. The normalized spacial score (nSPS) is 20.3. The van der Waals surface area contributed by atoms with Gasteiger partial charge < -0.3 is 9.64 Å². The molecule has 6 nitrogen and oxygen atoms in total. The first-order valence-electron chi connectivity index (χ1n) is 10.0. The molecule has 2 aliphatic rings. The van der Waals surface area contributed by atoms with Crippen molar-refractivity contribution in [3.05, 3.63) is 46.8 Å². The van der Waals surface area contributed by atoms with Gasteiger partial charge in [0.25, 0.3) is 10.0 Å². The maximum Gasteiger partial charge on any atom is 0.252 e. The minimum atomic E-state index is -3.42. The van der Waals surface area contributed by atoms with Crippen molar-refractivity contribution in [2.45, 2.75) is 42.4 Å². The Labute approximate surface area is 176 Å². The Bertz CT molecular complexity index is 963. The van der Waals surface area contributed by atoms with Crippen molar-refractivity contribution >= 4 is 27.3 Å². The molecular weight excluding hydrogens is 408 g/mol. The Morgan fingerprint density at radius 1 is 1.07 bits per heavy atom. The average molecular weight is 435 g/mol. The molecule has 1 amide bonds. The minimum absolute atomic E-state index is 0.0512. The van der Waals surface area contributed by atoms with Crippen LogP contribution in [0.2, 0.25) is 0 Å². The molecule has 0 spiro atoms. The van der Waals surface area contributed by atoms with Gasteiger partial charge in [-0.15, -0.1) is 11.3 Å². The highest BCUT2D eigenvalue weighted by molar-refractivity contribution is 7.91. The van der Waals surface area contributed by atoms with Gasteiger partial charge in [0, 0.05) is 24.5 Å². The second-order valence-electron chi connectivity index (χ2n) is 7.53. The van der Waals surface area contributed by atoms with Gasteiger partial charge in [-0.2, -0.15) is 4.31 Å². The van der Waals surface area contributed by atoms with E-state index in [1.807, 2.05) is 29.2 Å². The highest BCUT2D eigenvalue weighted by Gasteiger charge is 2.31. The molecule has 1 aromatic heterocycles. The summed E-state index contributed by atoms with van der Waals surface area (Å²) in [5, 5.41) is 0. The molecule has 2 aliphatic heterocycles. The first-order valence-corrected chi connectivity index (χ1v) is 12.3. The maximum atomic E-state index is 13.0. The van der Waals surface area contributed by atoms with Crippen LogP contribution in [0.25, 0.3) is 0 Å². The largest absolute Gasteiger partial charge is 0.497 e. The lowest BCUT2D eigenvalue weighted by Gasteiger charge is -2.25. The molecule has 29 heavy (non-hydrogen) atoms. The van der Waals surface area contributed by atoms with Gasteiger partial charge >= 0.3 is 0 Å². The number of sulfonamides is 1. The molecule has 0 bridgehead atoms. The summed E-state index contributed by atoms with van der Waals surface area (Å²) >= 11 is 1.22. The van der Waals surface area contributed by atoms with Gasteiger partial charge in [0.1, 0.15) is 9.96 Å². The molecule has 4 rings (SSSR count). The Morgan fingerprint density at radius 3 is 2.48 bits per heavy atom. The van der Waals surface area contributed by atoms with Gasteiger partial charge in [-0.25, -0.2) is 8.42 Å². The third kappa shape index (κ3) is 4.20. The van der Waals surface area contributed by atoms with E-state index < -0.39 is 10.0 Å². The lowest BCUT2D eigenvalue weighted by atomic mass is 10.0. The van der Waals surface area contributed by atoms with Crippen LogP contribution >= 0.6 is 11.3 Å². The van der Waals surface area contributed by atoms with Crippen LogP contribution in [0.15, 0.2) is 40.6 Å². The van der Waals surface area contributed by atoms with Gasteiger partial charge in [0.15, 0.2) is 0 Å². The van der Waals surface area contributed by atoms with Crippen molar-refractivity contribution in [2.24, 2.45) is 0 Å². The van der Waals surface area contributed by atoms with E-state index in [2.05, 4.69) is 0 Å². The zero-order valence-corrected chi connectivity index (χ0v) is 18.2. The highest BCUT2D eigenvalue weighted by atomic mass is 32.2. The Balaban J connectivity index is 1.45. The molecular formula is C21H26N2O4S2. The number of carbonyl (C=O) groups excluding carboxylic acids is 1. The molecule has 0 N–H and O–H groups in total. The summed E-state index contributed by atoms with van der Waals surface area (Å²) in [7, 11) is -1.78. The molecule has 156 valence electrons. The smallest absolute Gasteiger partial charge is 0.252 e.